The van der Waals surface area contributed by atoms with Gasteiger partial charge in [-0.2, -0.15) is 5.10 Å². The van der Waals surface area contributed by atoms with Crippen LogP contribution in [0.2, 0.25) is 0 Å². The molecule has 4 aromatic rings. The molecule has 0 radical (unpaired) electrons. The van der Waals surface area contributed by atoms with E-state index in [-0.39, 0.29) is 23.3 Å². The van der Waals surface area contributed by atoms with Gasteiger partial charge in [-0.05, 0) is 29.2 Å². The first kappa shape index (κ1) is 22.1. The standard InChI is InChI=1S/C23H23FN6O3/c1-23(2,3)18(21-27-28-22(33-21)19(25)31)26-20(32)17-15-6-4-5-7-16(15)30(29-17)12-13-8-10-14(24)11-9-13/h4-11,18H,12H2,1-3H3,(H2,25,31)(H,26,32). The molecule has 4 rings (SSSR count). The van der Waals surface area contributed by atoms with Gasteiger partial charge in [-0.15, -0.1) is 10.2 Å². The van der Waals surface area contributed by atoms with Crippen LogP contribution in [0.25, 0.3) is 10.9 Å². The van der Waals surface area contributed by atoms with Gasteiger partial charge >= 0.3 is 11.8 Å². The van der Waals surface area contributed by atoms with E-state index in [9.17, 15) is 14.0 Å². The second-order valence-corrected chi connectivity index (χ2v) is 8.73. The van der Waals surface area contributed by atoms with Gasteiger partial charge in [-0.25, -0.2) is 4.39 Å². The van der Waals surface area contributed by atoms with Crippen LogP contribution in [-0.2, 0) is 6.54 Å². The Morgan fingerprint density at radius 2 is 1.82 bits per heavy atom. The molecule has 3 N–H and O–H groups in total. The molecule has 2 heterocycles. The first-order chi connectivity index (χ1) is 15.6. The molecule has 0 saturated heterocycles. The fourth-order valence-electron chi connectivity index (χ4n) is 3.48. The number of para-hydroxylation sites is 1. The van der Waals surface area contributed by atoms with Gasteiger partial charge in [0.05, 0.1) is 12.1 Å². The zero-order chi connectivity index (χ0) is 23.8. The highest BCUT2D eigenvalue weighted by Crippen LogP contribution is 2.32. The molecule has 2 aromatic carbocycles. The third kappa shape index (κ3) is 4.59. The highest BCUT2D eigenvalue weighted by atomic mass is 19.1. The molecule has 0 fully saturated rings. The Balaban J connectivity index is 1.68. The van der Waals surface area contributed by atoms with E-state index >= 15 is 0 Å². The number of hydrogen-bond acceptors (Lipinski definition) is 6. The van der Waals surface area contributed by atoms with Crippen molar-refractivity contribution in [3.63, 3.8) is 0 Å². The highest BCUT2D eigenvalue weighted by Gasteiger charge is 2.34. The lowest BCUT2D eigenvalue weighted by Crippen LogP contribution is -2.37. The molecule has 1 unspecified atom stereocenters. The lowest BCUT2D eigenvalue weighted by Gasteiger charge is -2.28. The number of amides is 2. The smallest absolute Gasteiger partial charge is 0.306 e. The van der Waals surface area contributed by atoms with Crippen molar-refractivity contribution in [2.45, 2.75) is 33.4 Å². The molecule has 0 aliphatic carbocycles. The summed E-state index contributed by atoms with van der Waals surface area (Å²) in [6.07, 6.45) is 0. The topological polar surface area (TPSA) is 129 Å². The number of nitrogens with one attached hydrogen (secondary N) is 1. The summed E-state index contributed by atoms with van der Waals surface area (Å²) in [5, 5.41) is 15.6. The minimum absolute atomic E-state index is 0.0692. The molecule has 0 spiro atoms. The third-order valence-corrected chi connectivity index (χ3v) is 5.16. The molecule has 10 heteroatoms. The Kier molecular flexibility index (Phi) is 5.67. The molecule has 0 saturated carbocycles. The van der Waals surface area contributed by atoms with Crippen LogP contribution in [0, 0.1) is 11.2 Å². The second-order valence-electron chi connectivity index (χ2n) is 8.73. The van der Waals surface area contributed by atoms with Crippen molar-refractivity contribution >= 4 is 22.7 Å². The molecule has 0 aliphatic heterocycles. The van der Waals surface area contributed by atoms with Gasteiger partial charge in [0.15, 0.2) is 5.69 Å². The molecule has 0 aliphatic rings. The monoisotopic (exact) mass is 450 g/mol. The molecule has 33 heavy (non-hydrogen) atoms. The lowest BCUT2D eigenvalue weighted by atomic mass is 9.86. The van der Waals surface area contributed by atoms with Crippen molar-refractivity contribution in [2.75, 3.05) is 0 Å². The Morgan fingerprint density at radius 3 is 2.45 bits per heavy atom. The van der Waals surface area contributed by atoms with Crippen molar-refractivity contribution in [1.82, 2.24) is 25.3 Å². The summed E-state index contributed by atoms with van der Waals surface area (Å²) in [6.45, 7) is 6.02. The largest absolute Gasteiger partial charge is 0.415 e. The van der Waals surface area contributed by atoms with Gasteiger partial charge in [0.2, 0.25) is 5.89 Å². The van der Waals surface area contributed by atoms with E-state index in [1.54, 1.807) is 16.8 Å². The second kappa shape index (κ2) is 8.45. The number of aromatic nitrogens is 4. The van der Waals surface area contributed by atoms with Gasteiger partial charge in [0, 0.05) is 5.39 Å². The Bertz CT molecular complexity index is 1320. The Hall–Kier alpha value is -4.08. The van der Waals surface area contributed by atoms with E-state index < -0.39 is 23.3 Å². The minimum atomic E-state index is -0.849. The number of nitrogens with zero attached hydrogens (tertiary/aromatic N) is 4. The van der Waals surface area contributed by atoms with E-state index in [0.29, 0.717) is 11.9 Å². The zero-order valence-corrected chi connectivity index (χ0v) is 18.4. The number of primary amides is 1. The predicted molar refractivity (Wildman–Crippen MR) is 118 cm³/mol. The number of benzene rings is 2. The fourth-order valence-corrected chi connectivity index (χ4v) is 3.48. The quantitative estimate of drug-likeness (QED) is 0.464. The van der Waals surface area contributed by atoms with Crippen LogP contribution in [-0.4, -0.2) is 31.8 Å². The van der Waals surface area contributed by atoms with Gasteiger partial charge in [0.25, 0.3) is 5.91 Å². The van der Waals surface area contributed by atoms with Crippen LogP contribution in [0.3, 0.4) is 0 Å². The van der Waals surface area contributed by atoms with Gasteiger partial charge in [0.1, 0.15) is 11.9 Å². The summed E-state index contributed by atoms with van der Waals surface area (Å²) in [6, 6.07) is 12.8. The summed E-state index contributed by atoms with van der Waals surface area (Å²) in [5.41, 5.74) is 6.50. The summed E-state index contributed by atoms with van der Waals surface area (Å²) < 4.78 is 20.4. The number of nitrogens with two attached hydrogens (primary N) is 1. The number of rotatable bonds is 6. The highest BCUT2D eigenvalue weighted by molar-refractivity contribution is 6.05. The van der Waals surface area contributed by atoms with Crippen LogP contribution in [0.1, 0.15) is 59.4 Å². The predicted octanol–water partition coefficient (Wildman–Crippen LogP) is 3.22. The number of halogens is 1. The van der Waals surface area contributed by atoms with Crippen molar-refractivity contribution in [2.24, 2.45) is 11.1 Å². The molecular formula is C23H23FN6O3. The Labute approximate surface area is 188 Å². The number of fused-ring (bicyclic) bond motifs is 1. The van der Waals surface area contributed by atoms with E-state index in [0.717, 1.165) is 11.1 Å². The normalized spacial score (nSPS) is 12.6. The van der Waals surface area contributed by atoms with E-state index in [1.165, 1.54) is 12.1 Å². The van der Waals surface area contributed by atoms with Crippen molar-refractivity contribution in [1.29, 1.82) is 0 Å². The minimum Gasteiger partial charge on any atom is -0.415 e. The maximum atomic E-state index is 13.3. The van der Waals surface area contributed by atoms with Gasteiger partial charge in [-0.3, -0.25) is 14.3 Å². The first-order valence-corrected chi connectivity index (χ1v) is 10.3. The average molecular weight is 450 g/mol. The van der Waals surface area contributed by atoms with Crippen LogP contribution in [0.4, 0.5) is 4.39 Å². The van der Waals surface area contributed by atoms with Crippen molar-refractivity contribution < 1.29 is 18.4 Å². The van der Waals surface area contributed by atoms with Gasteiger partial charge < -0.3 is 15.5 Å². The molecule has 0 bridgehead atoms. The average Bonchev–Trinajstić information content (AvgIpc) is 3.38. The van der Waals surface area contributed by atoms with Gasteiger partial charge in [-0.1, -0.05) is 51.1 Å². The summed E-state index contributed by atoms with van der Waals surface area (Å²) in [4.78, 5) is 24.7. The third-order valence-electron chi connectivity index (χ3n) is 5.16. The molecule has 2 amide bonds. The van der Waals surface area contributed by atoms with Crippen molar-refractivity contribution in [3.05, 3.63) is 77.4 Å². The SMILES string of the molecule is CC(C)(C)C(NC(=O)c1nn(Cc2ccc(F)cc2)c2ccccc12)c1nnc(C(N)=O)o1. The fraction of sp³-hybridized carbons (Fsp3) is 0.261. The van der Waals surface area contributed by atoms with Crippen LogP contribution in [0.5, 0.6) is 0 Å². The molecule has 9 nitrogen and oxygen atoms in total. The molecule has 170 valence electrons. The van der Waals surface area contributed by atoms with E-state index in [2.05, 4.69) is 20.6 Å². The van der Waals surface area contributed by atoms with Crippen LogP contribution >= 0.6 is 0 Å². The first-order valence-electron chi connectivity index (χ1n) is 10.3. The maximum absolute atomic E-state index is 13.3. The molecular weight excluding hydrogens is 427 g/mol. The Morgan fingerprint density at radius 1 is 1.12 bits per heavy atom. The number of carbonyl (C=O) groups is 2. The zero-order valence-electron chi connectivity index (χ0n) is 18.4. The summed E-state index contributed by atoms with van der Waals surface area (Å²) in [7, 11) is 0. The summed E-state index contributed by atoms with van der Waals surface area (Å²) in [5.74, 6) is -1.87. The van der Waals surface area contributed by atoms with Crippen LogP contribution in [0.15, 0.2) is 52.9 Å². The lowest BCUT2D eigenvalue weighted by molar-refractivity contribution is 0.0878. The van der Waals surface area contributed by atoms with E-state index in [1.807, 2.05) is 45.0 Å². The van der Waals surface area contributed by atoms with E-state index in [4.69, 9.17) is 10.2 Å². The van der Waals surface area contributed by atoms with Crippen LogP contribution < -0.4 is 11.1 Å². The van der Waals surface area contributed by atoms with Crippen molar-refractivity contribution in [3.8, 4) is 0 Å². The summed E-state index contributed by atoms with van der Waals surface area (Å²) >= 11 is 0. The molecule has 1 atom stereocenters. The number of carbonyl (C=O) groups excluding carboxylic acids is 2. The maximum Gasteiger partial charge on any atom is 0.306 e. The molecule has 2 aromatic heterocycles. The number of hydrogen-bond donors (Lipinski definition) is 2.